The van der Waals surface area contributed by atoms with E-state index >= 15 is 0 Å². The first-order valence-corrected chi connectivity index (χ1v) is 4.15. The van der Waals surface area contributed by atoms with Gasteiger partial charge in [-0.05, 0) is 18.2 Å². The van der Waals surface area contributed by atoms with Gasteiger partial charge in [-0.15, -0.1) is 0 Å². The number of hydrogen-bond acceptors (Lipinski definition) is 2. The van der Waals surface area contributed by atoms with Crippen molar-refractivity contribution in [3.8, 4) is 0 Å². The lowest BCUT2D eigenvalue weighted by atomic mass is 10.1. The summed E-state index contributed by atoms with van der Waals surface area (Å²) in [4.78, 5) is 0. The number of halogens is 2. The van der Waals surface area contributed by atoms with Crippen LogP contribution in [0.1, 0.15) is 11.7 Å². The standard InChI is InChI=1S/C9H10ClFO2/c1-13-5-9(12)7-4-6(10)2-3-8(7)11/h2-4,9,12H,5H2,1H3. The summed E-state index contributed by atoms with van der Waals surface area (Å²) in [6.07, 6.45) is -0.969. The van der Waals surface area contributed by atoms with Gasteiger partial charge in [-0.25, -0.2) is 4.39 Å². The third-order valence-electron chi connectivity index (χ3n) is 1.64. The van der Waals surface area contributed by atoms with Crippen LogP contribution in [0.3, 0.4) is 0 Å². The molecule has 1 aromatic rings. The quantitative estimate of drug-likeness (QED) is 0.818. The van der Waals surface area contributed by atoms with Crippen LogP contribution in [0.4, 0.5) is 4.39 Å². The molecule has 0 aliphatic rings. The molecule has 0 fully saturated rings. The monoisotopic (exact) mass is 204 g/mol. The van der Waals surface area contributed by atoms with E-state index in [1.54, 1.807) is 0 Å². The van der Waals surface area contributed by atoms with Crippen molar-refractivity contribution in [3.63, 3.8) is 0 Å². The largest absolute Gasteiger partial charge is 0.386 e. The Morgan fingerprint density at radius 3 is 2.92 bits per heavy atom. The Labute approximate surface area is 80.9 Å². The molecule has 13 heavy (non-hydrogen) atoms. The van der Waals surface area contributed by atoms with E-state index in [-0.39, 0.29) is 12.2 Å². The second-order valence-electron chi connectivity index (χ2n) is 2.64. The zero-order valence-electron chi connectivity index (χ0n) is 7.13. The Balaban J connectivity index is 2.91. The summed E-state index contributed by atoms with van der Waals surface area (Å²) in [5.74, 6) is -0.478. The molecule has 0 heterocycles. The van der Waals surface area contributed by atoms with Crippen molar-refractivity contribution >= 4 is 11.6 Å². The molecule has 0 aliphatic carbocycles. The fraction of sp³-hybridized carbons (Fsp3) is 0.333. The van der Waals surface area contributed by atoms with Crippen molar-refractivity contribution in [2.24, 2.45) is 0 Å². The number of benzene rings is 1. The zero-order valence-corrected chi connectivity index (χ0v) is 7.88. The Hall–Kier alpha value is -0.640. The normalized spacial score (nSPS) is 12.9. The van der Waals surface area contributed by atoms with Gasteiger partial charge in [0.05, 0.1) is 6.61 Å². The van der Waals surface area contributed by atoms with E-state index in [9.17, 15) is 9.50 Å². The number of aliphatic hydroxyl groups excluding tert-OH is 1. The van der Waals surface area contributed by atoms with E-state index in [1.165, 1.54) is 25.3 Å². The summed E-state index contributed by atoms with van der Waals surface area (Å²) in [7, 11) is 1.44. The first-order valence-electron chi connectivity index (χ1n) is 3.77. The maximum atomic E-state index is 13.1. The molecule has 0 radical (unpaired) electrons. The summed E-state index contributed by atoms with van der Waals surface area (Å²) >= 11 is 5.64. The van der Waals surface area contributed by atoms with Crippen LogP contribution in [0.15, 0.2) is 18.2 Å². The van der Waals surface area contributed by atoms with Gasteiger partial charge in [0.2, 0.25) is 0 Å². The molecule has 1 aromatic carbocycles. The highest BCUT2D eigenvalue weighted by atomic mass is 35.5. The lowest BCUT2D eigenvalue weighted by molar-refractivity contribution is 0.0621. The molecule has 0 aliphatic heterocycles. The van der Waals surface area contributed by atoms with Gasteiger partial charge in [-0.1, -0.05) is 11.6 Å². The fourth-order valence-electron chi connectivity index (χ4n) is 1.02. The van der Waals surface area contributed by atoms with Gasteiger partial charge in [-0.2, -0.15) is 0 Å². The van der Waals surface area contributed by atoms with Crippen LogP contribution in [0, 0.1) is 5.82 Å². The van der Waals surface area contributed by atoms with Gasteiger partial charge < -0.3 is 9.84 Å². The van der Waals surface area contributed by atoms with Crippen molar-refractivity contribution in [2.45, 2.75) is 6.10 Å². The van der Waals surface area contributed by atoms with E-state index in [1.807, 2.05) is 0 Å². The summed E-state index contributed by atoms with van der Waals surface area (Å²) in [6.45, 7) is 0.0528. The van der Waals surface area contributed by atoms with Crippen LogP contribution < -0.4 is 0 Å². The smallest absolute Gasteiger partial charge is 0.129 e. The van der Waals surface area contributed by atoms with Crippen molar-refractivity contribution < 1.29 is 14.2 Å². The molecular formula is C9H10ClFO2. The summed E-state index contributed by atoms with van der Waals surface area (Å²) in [5.41, 5.74) is 0.161. The Bertz CT molecular complexity index is 291. The van der Waals surface area contributed by atoms with Gasteiger partial charge in [0.15, 0.2) is 0 Å². The molecule has 2 nitrogen and oxygen atoms in total. The Morgan fingerprint density at radius 2 is 2.31 bits per heavy atom. The number of methoxy groups -OCH3 is 1. The number of rotatable bonds is 3. The summed E-state index contributed by atoms with van der Waals surface area (Å²) in [5, 5.41) is 9.80. The molecule has 1 rings (SSSR count). The maximum Gasteiger partial charge on any atom is 0.129 e. The van der Waals surface area contributed by atoms with Crippen LogP contribution in [-0.2, 0) is 4.74 Å². The van der Waals surface area contributed by atoms with E-state index in [0.29, 0.717) is 5.02 Å². The average molecular weight is 205 g/mol. The van der Waals surface area contributed by atoms with Gasteiger partial charge >= 0.3 is 0 Å². The third-order valence-corrected chi connectivity index (χ3v) is 1.88. The minimum atomic E-state index is -0.969. The SMILES string of the molecule is COCC(O)c1cc(Cl)ccc1F. The highest BCUT2D eigenvalue weighted by Crippen LogP contribution is 2.21. The predicted molar refractivity (Wildman–Crippen MR) is 48.2 cm³/mol. The zero-order chi connectivity index (χ0) is 9.84. The van der Waals surface area contributed by atoms with E-state index in [4.69, 9.17) is 16.3 Å². The second kappa shape index (κ2) is 4.56. The number of ether oxygens (including phenoxy) is 1. The van der Waals surface area contributed by atoms with Crippen molar-refractivity contribution in [1.29, 1.82) is 0 Å². The molecule has 0 amide bonds. The van der Waals surface area contributed by atoms with Gasteiger partial charge in [0.1, 0.15) is 11.9 Å². The molecule has 72 valence electrons. The third kappa shape index (κ3) is 2.66. The predicted octanol–water partition coefficient (Wildman–Crippen LogP) is 2.16. The van der Waals surface area contributed by atoms with Crippen LogP contribution in [0.25, 0.3) is 0 Å². The molecule has 0 aromatic heterocycles. The molecule has 0 saturated heterocycles. The molecule has 0 bridgehead atoms. The van der Waals surface area contributed by atoms with Crippen LogP contribution >= 0.6 is 11.6 Å². The second-order valence-corrected chi connectivity index (χ2v) is 3.07. The fourth-order valence-corrected chi connectivity index (χ4v) is 1.20. The summed E-state index contributed by atoms with van der Waals surface area (Å²) < 4.78 is 17.8. The van der Waals surface area contributed by atoms with Gasteiger partial charge in [0.25, 0.3) is 0 Å². The number of aliphatic hydroxyl groups is 1. The lowest BCUT2D eigenvalue weighted by Crippen LogP contribution is -2.07. The average Bonchev–Trinajstić information content (AvgIpc) is 2.09. The van der Waals surface area contributed by atoms with Crippen LogP contribution in [0.2, 0.25) is 5.02 Å². The highest BCUT2D eigenvalue weighted by Gasteiger charge is 2.12. The van der Waals surface area contributed by atoms with Crippen LogP contribution in [-0.4, -0.2) is 18.8 Å². The van der Waals surface area contributed by atoms with Crippen LogP contribution in [0.5, 0.6) is 0 Å². The molecule has 1 atom stereocenters. The van der Waals surface area contributed by atoms with Gasteiger partial charge in [0, 0.05) is 17.7 Å². The minimum absolute atomic E-state index is 0.0528. The maximum absolute atomic E-state index is 13.1. The first kappa shape index (κ1) is 10.4. The van der Waals surface area contributed by atoms with Gasteiger partial charge in [-0.3, -0.25) is 0 Å². The summed E-state index contributed by atoms with van der Waals surface area (Å²) in [6, 6.07) is 4.04. The molecule has 1 unspecified atom stereocenters. The Morgan fingerprint density at radius 1 is 1.62 bits per heavy atom. The minimum Gasteiger partial charge on any atom is -0.386 e. The van der Waals surface area contributed by atoms with Crippen molar-refractivity contribution in [3.05, 3.63) is 34.6 Å². The molecule has 1 N–H and O–H groups in total. The molecule has 0 saturated carbocycles. The highest BCUT2D eigenvalue weighted by molar-refractivity contribution is 6.30. The number of hydrogen-bond donors (Lipinski definition) is 1. The van der Waals surface area contributed by atoms with Crippen molar-refractivity contribution in [1.82, 2.24) is 0 Å². The molecule has 4 heteroatoms. The topological polar surface area (TPSA) is 29.5 Å². The molecule has 0 spiro atoms. The van der Waals surface area contributed by atoms with Crippen molar-refractivity contribution in [2.75, 3.05) is 13.7 Å². The van der Waals surface area contributed by atoms with E-state index in [0.717, 1.165) is 0 Å². The Kier molecular flexibility index (Phi) is 3.66. The van der Waals surface area contributed by atoms with E-state index in [2.05, 4.69) is 0 Å². The van der Waals surface area contributed by atoms with E-state index < -0.39 is 11.9 Å². The lowest BCUT2D eigenvalue weighted by Gasteiger charge is -2.10. The molecular weight excluding hydrogens is 195 g/mol. The first-order chi connectivity index (χ1) is 6.15.